The van der Waals surface area contributed by atoms with E-state index in [1.54, 1.807) is 0 Å². The predicted molar refractivity (Wildman–Crippen MR) is 75.8 cm³/mol. The van der Waals surface area contributed by atoms with Gasteiger partial charge in [-0.15, -0.1) is 0 Å². The van der Waals surface area contributed by atoms with Crippen molar-refractivity contribution in [2.24, 2.45) is 5.92 Å². The average Bonchev–Trinajstić information content (AvgIpc) is 3.14. The summed E-state index contributed by atoms with van der Waals surface area (Å²) in [5.41, 5.74) is 0. The molecule has 0 aliphatic heterocycles. The Balaban J connectivity index is 2.14. The van der Waals surface area contributed by atoms with Gasteiger partial charge in [0.05, 0.1) is 12.7 Å². The zero-order valence-electron chi connectivity index (χ0n) is 12.4. The van der Waals surface area contributed by atoms with Gasteiger partial charge in [-0.05, 0) is 38.1 Å². The maximum atomic E-state index is 9.99. The van der Waals surface area contributed by atoms with Gasteiger partial charge < -0.3 is 9.84 Å². The molecular weight excluding hydrogens is 226 g/mol. The highest BCUT2D eigenvalue weighted by atomic mass is 16.5. The Kier molecular flexibility index (Phi) is 7.87. The van der Waals surface area contributed by atoms with Crippen LogP contribution < -0.4 is 0 Å². The molecule has 1 aliphatic rings. The Morgan fingerprint density at radius 1 is 1.33 bits per heavy atom. The molecule has 1 N–H and O–H groups in total. The normalized spacial score (nSPS) is 17.7. The van der Waals surface area contributed by atoms with Crippen LogP contribution in [0, 0.1) is 5.92 Å². The molecule has 3 nitrogen and oxygen atoms in total. The Bertz CT molecular complexity index is 205. The quantitative estimate of drug-likeness (QED) is 0.578. The van der Waals surface area contributed by atoms with Gasteiger partial charge in [0.15, 0.2) is 0 Å². The van der Waals surface area contributed by atoms with Crippen LogP contribution in [0.2, 0.25) is 0 Å². The van der Waals surface area contributed by atoms with Crippen molar-refractivity contribution in [3.8, 4) is 0 Å². The highest BCUT2D eigenvalue weighted by Crippen LogP contribution is 2.27. The molecule has 0 spiro atoms. The van der Waals surface area contributed by atoms with Crippen molar-refractivity contribution in [2.45, 2.75) is 65.0 Å². The predicted octanol–water partition coefficient (Wildman–Crippen LogP) is 2.67. The number of aliphatic hydroxyl groups excluding tert-OH is 1. The van der Waals surface area contributed by atoms with E-state index in [-0.39, 0.29) is 6.10 Å². The first kappa shape index (κ1) is 15.9. The summed E-state index contributed by atoms with van der Waals surface area (Å²) in [5, 5.41) is 9.99. The molecular formula is C15H31NO2. The fourth-order valence-electron chi connectivity index (χ4n) is 2.08. The molecule has 0 amide bonds. The van der Waals surface area contributed by atoms with Gasteiger partial charge in [0.2, 0.25) is 0 Å². The highest BCUT2D eigenvalue weighted by molar-refractivity contribution is 4.85. The average molecular weight is 257 g/mol. The largest absolute Gasteiger partial charge is 0.389 e. The lowest BCUT2D eigenvalue weighted by Gasteiger charge is -2.25. The standard InChI is InChI=1S/C15H31NO2/c1-4-5-10-18-12-15(17)11-16(14-6-7-14)9-8-13(2)3/h13-15,17H,4-12H2,1-3H3. The number of rotatable bonds is 11. The summed E-state index contributed by atoms with van der Waals surface area (Å²) in [7, 11) is 0. The lowest BCUT2D eigenvalue weighted by molar-refractivity contribution is 0.0136. The Hall–Kier alpha value is -0.120. The van der Waals surface area contributed by atoms with Gasteiger partial charge in [-0.3, -0.25) is 4.90 Å². The maximum absolute atomic E-state index is 9.99. The first-order valence-corrected chi connectivity index (χ1v) is 7.63. The molecule has 18 heavy (non-hydrogen) atoms. The Morgan fingerprint density at radius 3 is 2.61 bits per heavy atom. The zero-order chi connectivity index (χ0) is 13.4. The Labute approximate surface area is 113 Å². The van der Waals surface area contributed by atoms with Crippen LogP contribution in [-0.4, -0.2) is 48.5 Å². The molecule has 0 bridgehead atoms. The fourth-order valence-corrected chi connectivity index (χ4v) is 2.08. The van der Waals surface area contributed by atoms with Gasteiger partial charge in [-0.25, -0.2) is 0 Å². The summed E-state index contributed by atoms with van der Waals surface area (Å²) in [4.78, 5) is 2.45. The van der Waals surface area contributed by atoms with Crippen molar-refractivity contribution in [3.63, 3.8) is 0 Å². The molecule has 0 heterocycles. The van der Waals surface area contributed by atoms with Crippen molar-refractivity contribution >= 4 is 0 Å². The molecule has 0 aromatic carbocycles. The van der Waals surface area contributed by atoms with E-state index in [1.165, 1.54) is 19.3 Å². The number of aliphatic hydroxyl groups is 1. The topological polar surface area (TPSA) is 32.7 Å². The highest BCUT2D eigenvalue weighted by Gasteiger charge is 2.29. The first-order valence-electron chi connectivity index (χ1n) is 7.63. The minimum absolute atomic E-state index is 0.324. The monoisotopic (exact) mass is 257 g/mol. The third-order valence-corrected chi connectivity index (χ3v) is 3.45. The van der Waals surface area contributed by atoms with Crippen molar-refractivity contribution in [2.75, 3.05) is 26.3 Å². The van der Waals surface area contributed by atoms with Crippen molar-refractivity contribution in [1.82, 2.24) is 4.90 Å². The van der Waals surface area contributed by atoms with E-state index in [0.717, 1.165) is 44.5 Å². The molecule has 0 aromatic heterocycles. The molecule has 1 atom stereocenters. The van der Waals surface area contributed by atoms with Crippen LogP contribution in [0.25, 0.3) is 0 Å². The van der Waals surface area contributed by atoms with E-state index >= 15 is 0 Å². The summed E-state index contributed by atoms with van der Waals surface area (Å²) in [6.07, 6.45) is 5.75. The van der Waals surface area contributed by atoms with E-state index in [9.17, 15) is 5.11 Å². The van der Waals surface area contributed by atoms with Gasteiger partial charge in [0, 0.05) is 19.2 Å². The molecule has 1 rings (SSSR count). The van der Waals surface area contributed by atoms with Crippen LogP contribution in [0.3, 0.4) is 0 Å². The summed E-state index contributed by atoms with van der Waals surface area (Å²) >= 11 is 0. The van der Waals surface area contributed by atoms with Crippen LogP contribution in [0.15, 0.2) is 0 Å². The lowest BCUT2D eigenvalue weighted by atomic mass is 10.1. The third-order valence-electron chi connectivity index (χ3n) is 3.45. The summed E-state index contributed by atoms with van der Waals surface area (Å²) in [6, 6.07) is 0.731. The number of hydrogen-bond acceptors (Lipinski definition) is 3. The summed E-state index contributed by atoms with van der Waals surface area (Å²) in [6.45, 7) is 9.84. The number of unbranched alkanes of at least 4 members (excludes halogenated alkanes) is 1. The minimum atomic E-state index is -0.324. The third kappa shape index (κ3) is 7.34. The summed E-state index contributed by atoms with van der Waals surface area (Å²) in [5.74, 6) is 0.740. The zero-order valence-corrected chi connectivity index (χ0v) is 12.4. The van der Waals surface area contributed by atoms with Gasteiger partial charge in [0.1, 0.15) is 0 Å². The minimum Gasteiger partial charge on any atom is -0.389 e. The molecule has 3 heteroatoms. The molecule has 1 saturated carbocycles. The molecule has 0 aromatic rings. The molecule has 1 aliphatic carbocycles. The van der Waals surface area contributed by atoms with Crippen molar-refractivity contribution < 1.29 is 9.84 Å². The number of hydrogen-bond donors (Lipinski definition) is 1. The van der Waals surface area contributed by atoms with Crippen LogP contribution in [0.4, 0.5) is 0 Å². The molecule has 1 unspecified atom stereocenters. The van der Waals surface area contributed by atoms with Gasteiger partial charge in [-0.1, -0.05) is 27.2 Å². The van der Waals surface area contributed by atoms with E-state index in [2.05, 4.69) is 25.7 Å². The second kappa shape index (κ2) is 8.89. The van der Waals surface area contributed by atoms with E-state index in [4.69, 9.17) is 4.74 Å². The van der Waals surface area contributed by atoms with Gasteiger partial charge >= 0.3 is 0 Å². The number of ether oxygens (including phenoxy) is 1. The molecule has 1 fully saturated rings. The van der Waals surface area contributed by atoms with E-state index in [0.29, 0.717) is 6.61 Å². The summed E-state index contributed by atoms with van der Waals surface area (Å²) < 4.78 is 5.49. The van der Waals surface area contributed by atoms with E-state index < -0.39 is 0 Å². The first-order chi connectivity index (χ1) is 8.63. The SMILES string of the molecule is CCCCOCC(O)CN(CCC(C)C)C1CC1. The Morgan fingerprint density at radius 2 is 2.06 bits per heavy atom. The van der Waals surface area contributed by atoms with Crippen LogP contribution >= 0.6 is 0 Å². The van der Waals surface area contributed by atoms with Crippen LogP contribution in [0.5, 0.6) is 0 Å². The van der Waals surface area contributed by atoms with Crippen LogP contribution in [0.1, 0.15) is 52.9 Å². The second-order valence-electron chi connectivity index (χ2n) is 5.99. The molecule has 0 saturated heterocycles. The molecule has 0 radical (unpaired) electrons. The van der Waals surface area contributed by atoms with Crippen molar-refractivity contribution in [3.05, 3.63) is 0 Å². The number of nitrogens with zero attached hydrogens (tertiary/aromatic N) is 1. The lowest BCUT2D eigenvalue weighted by Crippen LogP contribution is -2.37. The second-order valence-corrected chi connectivity index (χ2v) is 5.99. The van der Waals surface area contributed by atoms with Crippen molar-refractivity contribution in [1.29, 1.82) is 0 Å². The van der Waals surface area contributed by atoms with Crippen LogP contribution in [-0.2, 0) is 4.74 Å². The maximum Gasteiger partial charge on any atom is 0.0900 e. The van der Waals surface area contributed by atoms with Gasteiger partial charge in [0.25, 0.3) is 0 Å². The smallest absolute Gasteiger partial charge is 0.0900 e. The molecule has 108 valence electrons. The van der Waals surface area contributed by atoms with E-state index in [1.807, 2.05) is 0 Å². The van der Waals surface area contributed by atoms with Gasteiger partial charge in [-0.2, -0.15) is 0 Å². The fraction of sp³-hybridized carbons (Fsp3) is 1.00.